The molecule has 2 N–H and O–H groups in total. The van der Waals surface area contributed by atoms with Gasteiger partial charge in [-0.25, -0.2) is 4.39 Å². The summed E-state index contributed by atoms with van der Waals surface area (Å²) in [6.45, 7) is 6.06. The fraction of sp³-hybridized carbons (Fsp3) is 0.515. The van der Waals surface area contributed by atoms with Gasteiger partial charge in [0.25, 0.3) is 0 Å². The summed E-state index contributed by atoms with van der Waals surface area (Å²) in [4.78, 5) is 2.56. The Bertz CT molecular complexity index is 1590. The molecule has 0 radical (unpaired) electrons. The monoisotopic (exact) mass is 665 g/mol. The minimum atomic E-state index is -4.42. The van der Waals surface area contributed by atoms with E-state index in [0.717, 1.165) is 32.4 Å². The number of piperidine rings is 1. The summed E-state index contributed by atoms with van der Waals surface area (Å²) in [7, 11) is -0.962. The molecule has 2 fully saturated rings. The molecule has 12 heteroatoms. The lowest BCUT2D eigenvalue weighted by Gasteiger charge is -2.39. The van der Waals surface area contributed by atoms with Crippen LogP contribution in [-0.4, -0.2) is 82.6 Å². The van der Waals surface area contributed by atoms with E-state index in [1.54, 1.807) is 49.7 Å². The van der Waals surface area contributed by atoms with E-state index in [1.165, 1.54) is 18.4 Å². The van der Waals surface area contributed by atoms with E-state index in [-0.39, 0.29) is 12.1 Å². The molecule has 3 heterocycles. The Kier molecular flexibility index (Phi) is 10.7. The van der Waals surface area contributed by atoms with Crippen molar-refractivity contribution in [2.75, 3.05) is 63.9 Å². The lowest BCUT2D eigenvalue weighted by atomic mass is 9.98. The lowest BCUT2D eigenvalue weighted by molar-refractivity contribution is -0.126. The Hall–Kier alpha value is -2.77. The molecule has 45 heavy (non-hydrogen) atoms. The van der Waals surface area contributed by atoms with Crippen LogP contribution < -0.4 is 20.7 Å². The third-order valence-electron chi connectivity index (χ3n) is 8.42. The van der Waals surface area contributed by atoms with Crippen LogP contribution in [0.1, 0.15) is 36.1 Å². The molecule has 244 valence electrons. The Morgan fingerprint density at radius 1 is 1.13 bits per heavy atom. The molecule has 0 bridgehead atoms. The molecular formula is C33H40F4N3O3PS. The molecule has 3 atom stereocenters. The molecule has 0 aliphatic carbocycles. The Morgan fingerprint density at radius 3 is 2.69 bits per heavy atom. The molecule has 1 unspecified atom stereocenters. The highest BCUT2D eigenvalue weighted by atomic mass is 32.1. The van der Waals surface area contributed by atoms with Crippen LogP contribution in [-0.2, 0) is 15.7 Å². The van der Waals surface area contributed by atoms with Crippen molar-refractivity contribution in [3.63, 3.8) is 0 Å². The number of hydrogen-bond acceptors (Lipinski definition) is 7. The second-order valence-electron chi connectivity index (χ2n) is 12.0. The normalized spacial score (nSPS) is 21.5. The fourth-order valence-corrected chi connectivity index (χ4v) is 8.09. The van der Waals surface area contributed by atoms with Crippen LogP contribution in [0.4, 0.5) is 28.9 Å². The van der Waals surface area contributed by atoms with E-state index in [4.69, 9.17) is 9.47 Å². The molecule has 2 aromatic carbocycles. The number of ether oxygens (including phenoxy) is 2. The molecule has 2 saturated heterocycles. The number of rotatable bonds is 8. The smallest absolute Gasteiger partial charge is 0.393 e. The second kappa shape index (κ2) is 14.3. The first kappa shape index (κ1) is 33.6. The molecule has 2 aliphatic heterocycles. The highest BCUT2D eigenvalue weighted by Crippen LogP contribution is 2.40. The van der Waals surface area contributed by atoms with Gasteiger partial charge in [-0.1, -0.05) is 24.0 Å². The van der Waals surface area contributed by atoms with Crippen molar-refractivity contribution >= 4 is 45.2 Å². The Morgan fingerprint density at radius 2 is 1.96 bits per heavy atom. The number of nitrogens with zero attached hydrogens (tertiary/aromatic N) is 1. The van der Waals surface area contributed by atoms with E-state index >= 15 is 4.39 Å². The summed E-state index contributed by atoms with van der Waals surface area (Å²) < 4.78 is 80.7. The van der Waals surface area contributed by atoms with Gasteiger partial charge in [0.2, 0.25) is 0 Å². The van der Waals surface area contributed by atoms with Gasteiger partial charge in [-0.2, -0.15) is 13.2 Å². The van der Waals surface area contributed by atoms with E-state index in [2.05, 4.69) is 27.4 Å². The minimum absolute atomic E-state index is 0.129. The number of methoxy groups -OCH3 is 1. The number of fused-ring (bicyclic) bond motifs is 1. The predicted octanol–water partition coefficient (Wildman–Crippen LogP) is 7.12. The van der Waals surface area contributed by atoms with Gasteiger partial charge in [-0.15, -0.1) is 11.3 Å². The topological polar surface area (TPSA) is 62.8 Å². The van der Waals surface area contributed by atoms with E-state index < -0.39 is 32.0 Å². The highest BCUT2D eigenvalue weighted by Gasteiger charge is 2.34. The number of benzene rings is 2. The lowest BCUT2D eigenvalue weighted by Crippen LogP contribution is -2.51. The van der Waals surface area contributed by atoms with Crippen LogP contribution in [0.15, 0.2) is 36.4 Å². The summed E-state index contributed by atoms with van der Waals surface area (Å²) in [5, 5.41) is 7.64. The number of anilines is 2. The summed E-state index contributed by atoms with van der Waals surface area (Å²) in [6.07, 6.45) is -3.14. The number of likely N-dealkylation sites (tertiary alicyclic amines) is 1. The molecule has 5 rings (SSSR count). The first-order chi connectivity index (χ1) is 21.4. The number of halogens is 4. The maximum atomic E-state index is 15.5. The molecule has 0 saturated carbocycles. The quantitative estimate of drug-likeness (QED) is 0.152. The van der Waals surface area contributed by atoms with Crippen molar-refractivity contribution < 1.29 is 31.6 Å². The molecule has 2 aliphatic rings. The van der Waals surface area contributed by atoms with Crippen molar-refractivity contribution in [1.29, 1.82) is 0 Å². The van der Waals surface area contributed by atoms with Crippen LogP contribution in [0, 0.1) is 11.8 Å². The zero-order chi connectivity index (χ0) is 32.2. The standard InChI is InChI=1S/C33H40F4N3O3PS/c1-42-30-19-23(44(2,3)41)11-12-28(30)38-15-5-10-31-25(20-33(35,36)37)24-8-4-9-29(32(24)45-31)39-27-13-16-40(21-26(27)34)22-7-6-17-43-18-14-22/h4,8-9,11-12,19,22,26-27,38-39H,6-7,13-18,20-21H2,1-3H3/t22?,26-,27+/m1/s1. The number of nitrogens with one attached hydrogen (secondary N) is 2. The van der Waals surface area contributed by atoms with Crippen LogP contribution in [0.3, 0.4) is 0 Å². The van der Waals surface area contributed by atoms with Gasteiger partial charge in [0.1, 0.15) is 19.1 Å². The minimum Gasteiger partial charge on any atom is -0.495 e. The molecule has 0 amide bonds. The van der Waals surface area contributed by atoms with Gasteiger partial charge in [-0.3, -0.25) is 4.90 Å². The van der Waals surface area contributed by atoms with Crippen LogP contribution in [0.25, 0.3) is 10.1 Å². The van der Waals surface area contributed by atoms with Gasteiger partial charge < -0.3 is 24.7 Å². The summed E-state index contributed by atoms with van der Waals surface area (Å²) in [6, 6.07) is 10.3. The predicted molar refractivity (Wildman–Crippen MR) is 176 cm³/mol. The highest BCUT2D eigenvalue weighted by molar-refractivity contribution is 7.70. The average molecular weight is 666 g/mol. The first-order valence-corrected chi connectivity index (χ1v) is 18.6. The summed E-state index contributed by atoms with van der Waals surface area (Å²) >= 11 is 1.20. The number of hydrogen-bond donors (Lipinski definition) is 2. The molecular weight excluding hydrogens is 625 g/mol. The molecule has 3 aromatic rings. The Labute approximate surface area is 266 Å². The third-order valence-corrected chi connectivity index (χ3v) is 11.1. The van der Waals surface area contributed by atoms with E-state index in [1.807, 2.05) is 0 Å². The fourth-order valence-electron chi connectivity index (χ4n) is 6.06. The second-order valence-corrected chi connectivity index (χ2v) is 16.3. The van der Waals surface area contributed by atoms with E-state index in [0.29, 0.717) is 63.0 Å². The van der Waals surface area contributed by atoms with Gasteiger partial charge in [0.05, 0.1) is 47.1 Å². The van der Waals surface area contributed by atoms with Crippen molar-refractivity contribution in [3.05, 3.63) is 46.8 Å². The largest absolute Gasteiger partial charge is 0.495 e. The molecule has 1 aromatic heterocycles. The number of alkyl halides is 4. The van der Waals surface area contributed by atoms with Crippen molar-refractivity contribution in [1.82, 2.24) is 4.90 Å². The maximum Gasteiger partial charge on any atom is 0.393 e. The summed E-state index contributed by atoms with van der Waals surface area (Å²) in [5.74, 6) is 6.42. The van der Waals surface area contributed by atoms with Crippen LogP contribution >= 0.6 is 18.5 Å². The van der Waals surface area contributed by atoms with E-state index in [9.17, 15) is 17.7 Å². The van der Waals surface area contributed by atoms with Crippen molar-refractivity contribution in [2.24, 2.45) is 0 Å². The van der Waals surface area contributed by atoms with Crippen LogP contribution in [0.5, 0.6) is 5.75 Å². The van der Waals surface area contributed by atoms with Gasteiger partial charge in [0, 0.05) is 37.6 Å². The zero-order valence-corrected chi connectivity index (χ0v) is 27.5. The Balaban J connectivity index is 1.34. The van der Waals surface area contributed by atoms with Gasteiger partial charge in [0.15, 0.2) is 0 Å². The van der Waals surface area contributed by atoms with Crippen molar-refractivity contribution in [2.45, 2.75) is 56.5 Å². The zero-order valence-electron chi connectivity index (χ0n) is 25.8. The van der Waals surface area contributed by atoms with Gasteiger partial charge in [-0.05, 0) is 74.2 Å². The molecule has 0 spiro atoms. The summed E-state index contributed by atoms with van der Waals surface area (Å²) in [5.41, 5.74) is 1.40. The SMILES string of the molecule is COc1cc(P(C)(C)=O)ccc1NCC#Cc1sc2c(N[C@H]3CCN(C4CCCOCC4)C[C@H]3F)cccc2c1CC(F)(F)F. The third kappa shape index (κ3) is 8.53. The molecule has 6 nitrogen and oxygen atoms in total. The maximum absolute atomic E-state index is 15.5. The first-order valence-electron chi connectivity index (χ1n) is 15.2. The average Bonchev–Trinajstić information content (AvgIpc) is 3.14. The van der Waals surface area contributed by atoms with Gasteiger partial charge >= 0.3 is 6.18 Å². The van der Waals surface area contributed by atoms with Crippen molar-refractivity contribution in [3.8, 4) is 17.6 Å². The van der Waals surface area contributed by atoms with Crippen LogP contribution in [0.2, 0.25) is 0 Å². The number of thiophene rings is 1.